The molecule has 1 rings (SSSR count). The number of nitrogens with one attached hydrogen (secondary N) is 1. The summed E-state index contributed by atoms with van der Waals surface area (Å²) in [6.07, 6.45) is 3.95. The number of carbonyl (C=O) groups is 2. The largest absolute Gasteiger partial charge is 0.481 e. The monoisotopic (exact) mass is 245 g/mol. The number of hydroxylamine groups is 1. The van der Waals surface area contributed by atoms with Crippen LogP contribution in [0.25, 0.3) is 0 Å². The quantitative estimate of drug-likeness (QED) is 0.520. The second-order valence-corrected chi connectivity index (χ2v) is 4.04. The minimum Gasteiger partial charge on any atom is -0.481 e. The molecule has 6 heteroatoms. The van der Waals surface area contributed by atoms with Crippen LogP contribution in [-0.4, -0.2) is 29.9 Å². The van der Waals surface area contributed by atoms with Crippen molar-refractivity contribution in [1.29, 1.82) is 0 Å². The molecular weight excluding hydrogens is 226 g/mol. The van der Waals surface area contributed by atoms with Crippen LogP contribution >= 0.6 is 0 Å². The number of unbranched alkanes of at least 4 members (excludes halogenated alkanes) is 1. The van der Waals surface area contributed by atoms with Crippen LogP contribution in [0.2, 0.25) is 0 Å². The molecule has 0 aromatic rings. The van der Waals surface area contributed by atoms with Gasteiger partial charge in [-0.05, 0) is 25.7 Å². The van der Waals surface area contributed by atoms with Crippen LogP contribution in [0.15, 0.2) is 0 Å². The lowest BCUT2D eigenvalue weighted by atomic mass is 10.2. The minimum absolute atomic E-state index is 0.0971. The summed E-state index contributed by atoms with van der Waals surface area (Å²) in [5, 5.41) is 8.41. The van der Waals surface area contributed by atoms with Gasteiger partial charge in [0, 0.05) is 25.9 Å². The first-order valence-electron chi connectivity index (χ1n) is 5.96. The Morgan fingerprint density at radius 2 is 2.06 bits per heavy atom. The smallest absolute Gasteiger partial charge is 0.303 e. The first-order chi connectivity index (χ1) is 8.18. The third-order valence-electron chi connectivity index (χ3n) is 2.49. The fourth-order valence-electron chi connectivity index (χ4n) is 1.55. The molecule has 1 heterocycles. The first-order valence-corrected chi connectivity index (χ1v) is 5.96. The van der Waals surface area contributed by atoms with Crippen molar-refractivity contribution in [3.8, 4) is 0 Å². The molecule has 1 saturated heterocycles. The van der Waals surface area contributed by atoms with Gasteiger partial charge in [0.25, 0.3) is 0 Å². The van der Waals surface area contributed by atoms with Crippen molar-refractivity contribution in [2.75, 3.05) is 6.61 Å². The molecule has 98 valence electrons. The molecule has 17 heavy (non-hydrogen) atoms. The molecule has 0 radical (unpaired) electrons. The van der Waals surface area contributed by atoms with E-state index in [1.54, 1.807) is 0 Å². The molecule has 0 aliphatic carbocycles. The standard InChI is InChI=1S/C11H19NO5/c13-9(5-1-2-6-10(14)15)12-17-11-7-3-4-8-16-11/h11H,1-8H2,(H,12,13)(H,14,15). The van der Waals surface area contributed by atoms with Crippen molar-refractivity contribution in [3.05, 3.63) is 0 Å². The number of carboxylic acid groups (broad SMARTS) is 1. The molecule has 1 atom stereocenters. The van der Waals surface area contributed by atoms with E-state index in [2.05, 4.69) is 5.48 Å². The summed E-state index contributed by atoms with van der Waals surface area (Å²) in [4.78, 5) is 26.6. The molecular formula is C11H19NO5. The molecule has 0 aromatic carbocycles. The van der Waals surface area contributed by atoms with Gasteiger partial charge < -0.3 is 9.84 Å². The highest BCUT2D eigenvalue weighted by Crippen LogP contribution is 2.12. The zero-order valence-corrected chi connectivity index (χ0v) is 9.81. The van der Waals surface area contributed by atoms with Gasteiger partial charge in [-0.3, -0.25) is 9.59 Å². The fraction of sp³-hybridized carbons (Fsp3) is 0.818. The topological polar surface area (TPSA) is 84.9 Å². The normalized spacial score (nSPS) is 19.9. The Kier molecular flexibility index (Phi) is 6.57. The average Bonchev–Trinajstić information content (AvgIpc) is 2.33. The maximum atomic E-state index is 11.3. The van der Waals surface area contributed by atoms with Crippen molar-refractivity contribution >= 4 is 11.9 Å². The van der Waals surface area contributed by atoms with Crippen LogP contribution in [0.3, 0.4) is 0 Å². The highest BCUT2D eigenvalue weighted by molar-refractivity contribution is 5.74. The Bertz CT molecular complexity index is 250. The molecule has 0 bridgehead atoms. The number of hydrogen-bond donors (Lipinski definition) is 2. The van der Waals surface area contributed by atoms with E-state index in [0.717, 1.165) is 19.3 Å². The molecule has 2 N–H and O–H groups in total. The molecule has 0 spiro atoms. The van der Waals surface area contributed by atoms with Gasteiger partial charge in [0.05, 0.1) is 0 Å². The third kappa shape index (κ3) is 6.91. The van der Waals surface area contributed by atoms with E-state index >= 15 is 0 Å². The number of rotatable bonds is 7. The molecule has 1 fully saturated rings. The van der Waals surface area contributed by atoms with Gasteiger partial charge in [-0.1, -0.05) is 0 Å². The summed E-state index contributed by atoms with van der Waals surface area (Å²) in [5.41, 5.74) is 2.33. The van der Waals surface area contributed by atoms with E-state index in [4.69, 9.17) is 14.7 Å². The van der Waals surface area contributed by atoms with Crippen molar-refractivity contribution in [3.63, 3.8) is 0 Å². The predicted octanol–water partition coefficient (Wildman–Crippen LogP) is 1.21. The van der Waals surface area contributed by atoms with Gasteiger partial charge in [-0.2, -0.15) is 0 Å². The van der Waals surface area contributed by atoms with E-state index in [1.165, 1.54) is 0 Å². The van der Waals surface area contributed by atoms with E-state index in [9.17, 15) is 9.59 Å². The predicted molar refractivity (Wildman–Crippen MR) is 58.9 cm³/mol. The lowest BCUT2D eigenvalue weighted by Gasteiger charge is -2.22. The van der Waals surface area contributed by atoms with Crippen LogP contribution in [0.5, 0.6) is 0 Å². The first kappa shape index (κ1) is 13.9. The van der Waals surface area contributed by atoms with Gasteiger partial charge in [0.1, 0.15) is 0 Å². The second-order valence-electron chi connectivity index (χ2n) is 4.04. The molecule has 6 nitrogen and oxygen atoms in total. The molecule has 0 saturated carbocycles. The van der Waals surface area contributed by atoms with E-state index < -0.39 is 5.97 Å². The number of carbonyl (C=O) groups excluding carboxylic acids is 1. The van der Waals surface area contributed by atoms with Gasteiger partial charge in [-0.25, -0.2) is 10.3 Å². The van der Waals surface area contributed by atoms with Gasteiger partial charge in [0.15, 0.2) is 6.29 Å². The van der Waals surface area contributed by atoms with Gasteiger partial charge in [0.2, 0.25) is 5.91 Å². The highest BCUT2D eigenvalue weighted by Gasteiger charge is 2.15. The summed E-state index contributed by atoms with van der Waals surface area (Å²) in [6, 6.07) is 0. The van der Waals surface area contributed by atoms with E-state index in [1.807, 2.05) is 0 Å². The minimum atomic E-state index is -0.836. The lowest BCUT2D eigenvalue weighted by Crippen LogP contribution is -2.32. The summed E-state index contributed by atoms with van der Waals surface area (Å²) in [6.45, 7) is 0.666. The SMILES string of the molecule is O=C(O)CCCCC(=O)NOC1CCCCO1. The Labute approximate surface area is 100 Å². The summed E-state index contributed by atoms with van der Waals surface area (Å²) < 4.78 is 5.27. The molecule has 1 aliphatic rings. The van der Waals surface area contributed by atoms with Crippen LogP contribution < -0.4 is 5.48 Å². The van der Waals surface area contributed by atoms with E-state index in [0.29, 0.717) is 19.4 Å². The Balaban J connectivity index is 1.98. The number of hydrogen-bond acceptors (Lipinski definition) is 4. The van der Waals surface area contributed by atoms with Gasteiger partial charge >= 0.3 is 5.97 Å². The molecule has 1 unspecified atom stereocenters. The molecule has 1 amide bonds. The van der Waals surface area contributed by atoms with Crippen LogP contribution in [-0.2, 0) is 19.2 Å². The van der Waals surface area contributed by atoms with Crippen molar-refractivity contribution in [1.82, 2.24) is 5.48 Å². The third-order valence-corrected chi connectivity index (χ3v) is 2.49. The van der Waals surface area contributed by atoms with Crippen LogP contribution in [0.1, 0.15) is 44.9 Å². The Morgan fingerprint density at radius 3 is 2.71 bits per heavy atom. The average molecular weight is 245 g/mol. The van der Waals surface area contributed by atoms with E-state index in [-0.39, 0.29) is 25.0 Å². The maximum absolute atomic E-state index is 11.3. The van der Waals surface area contributed by atoms with Crippen molar-refractivity contribution in [2.45, 2.75) is 51.2 Å². The zero-order chi connectivity index (χ0) is 12.5. The molecule has 0 aromatic heterocycles. The number of amides is 1. The summed E-state index contributed by atoms with van der Waals surface area (Å²) >= 11 is 0. The maximum Gasteiger partial charge on any atom is 0.303 e. The van der Waals surface area contributed by atoms with Crippen LogP contribution in [0, 0.1) is 0 Å². The Hall–Kier alpha value is -1.14. The second kappa shape index (κ2) is 8.03. The lowest BCUT2D eigenvalue weighted by molar-refractivity contribution is -0.200. The summed E-state index contributed by atoms with van der Waals surface area (Å²) in [5.74, 6) is -1.07. The fourth-order valence-corrected chi connectivity index (χ4v) is 1.55. The summed E-state index contributed by atoms with van der Waals surface area (Å²) in [7, 11) is 0. The number of carboxylic acids is 1. The van der Waals surface area contributed by atoms with Gasteiger partial charge in [-0.15, -0.1) is 0 Å². The van der Waals surface area contributed by atoms with Crippen molar-refractivity contribution < 1.29 is 24.3 Å². The number of aliphatic carboxylic acids is 1. The van der Waals surface area contributed by atoms with Crippen LogP contribution in [0.4, 0.5) is 0 Å². The number of ether oxygens (including phenoxy) is 1. The Morgan fingerprint density at radius 1 is 1.29 bits per heavy atom. The zero-order valence-electron chi connectivity index (χ0n) is 9.81. The highest BCUT2D eigenvalue weighted by atomic mass is 16.8. The molecule has 1 aliphatic heterocycles. The van der Waals surface area contributed by atoms with Crippen molar-refractivity contribution in [2.24, 2.45) is 0 Å².